The zero-order valence-corrected chi connectivity index (χ0v) is 23.8. The van der Waals surface area contributed by atoms with Gasteiger partial charge in [0.15, 0.2) is 5.78 Å². The Bertz CT molecular complexity index is 1710. The lowest BCUT2D eigenvalue weighted by molar-refractivity contribution is 0.0304. The van der Waals surface area contributed by atoms with Gasteiger partial charge in [0.1, 0.15) is 28.9 Å². The van der Waals surface area contributed by atoms with Crippen LogP contribution >= 0.6 is 15.9 Å². The monoisotopic (exact) mass is 606 g/mol. The molecule has 2 aliphatic rings. The third kappa shape index (κ3) is 4.52. The van der Waals surface area contributed by atoms with E-state index in [4.69, 9.17) is 4.74 Å². The number of anilines is 3. The number of ether oxygens (including phenoxy) is 1. The van der Waals surface area contributed by atoms with Crippen molar-refractivity contribution in [2.24, 2.45) is 0 Å². The second-order valence-electron chi connectivity index (χ2n) is 10.6. The predicted octanol–water partition coefficient (Wildman–Crippen LogP) is 4.83. The van der Waals surface area contributed by atoms with E-state index in [9.17, 15) is 9.59 Å². The van der Waals surface area contributed by atoms with Crippen LogP contribution in [0.2, 0.25) is 0 Å². The Labute approximate surface area is 238 Å². The van der Waals surface area contributed by atoms with Gasteiger partial charge in [-0.3, -0.25) is 14.2 Å². The quantitative estimate of drug-likeness (QED) is 0.341. The molecule has 2 aromatic heterocycles. The number of nitrogens with one attached hydrogen (secondary N) is 2. The van der Waals surface area contributed by atoms with Gasteiger partial charge in [-0.1, -0.05) is 12.1 Å². The maximum atomic E-state index is 15.2. The van der Waals surface area contributed by atoms with Crippen molar-refractivity contribution in [3.05, 3.63) is 80.9 Å². The van der Waals surface area contributed by atoms with Crippen LogP contribution in [-0.4, -0.2) is 51.6 Å². The second kappa shape index (κ2) is 9.97. The van der Waals surface area contributed by atoms with Gasteiger partial charge >= 0.3 is 0 Å². The molecule has 0 aliphatic carbocycles. The molecule has 2 unspecified atom stereocenters. The van der Waals surface area contributed by atoms with Crippen molar-refractivity contribution in [1.29, 1.82) is 0 Å². The maximum absolute atomic E-state index is 15.2. The van der Waals surface area contributed by atoms with Crippen molar-refractivity contribution < 1.29 is 13.9 Å². The average Bonchev–Trinajstić information content (AvgIpc) is 2.91. The number of Topliss-reactive ketones (excluding diaryl/α,β-unsaturated/α-hetero) is 1. The van der Waals surface area contributed by atoms with Gasteiger partial charge in [0.2, 0.25) is 5.95 Å². The van der Waals surface area contributed by atoms with Crippen LogP contribution < -0.4 is 25.8 Å². The fraction of sp³-hybridized carbons (Fsp3) is 0.310. The molecule has 206 valence electrons. The highest BCUT2D eigenvalue weighted by atomic mass is 79.9. The minimum absolute atomic E-state index is 0.160. The van der Waals surface area contributed by atoms with E-state index in [1.54, 1.807) is 62.5 Å². The summed E-state index contributed by atoms with van der Waals surface area (Å²) in [5, 5.41) is 6.91. The molecule has 2 N–H and O–H groups in total. The molecule has 2 atom stereocenters. The molecule has 2 aromatic carbocycles. The number of aromatic nitrogens is 3. The topological polar surface area (TPSA) is 101 Å². The lowest BCUT2D eigenvalue weighted by atomic mass is 9.87. The van der Waals surface area contributed by atoms with Gasteiger partial charge in [-0.2, -0.15) is 4.98 Å². The first-order valence-electron chi connectivity index (χ1n) is 13.1. The molecule has 0 saturated carbocycles. The third-order valence-electron chi connectivity index (χ3n) is 7.43. The number of hydrogen-bond donors (Lipinski definition) is 2. The first-order valence-corrected chi connectivity index (χ1v) is 13.9. The Kier molecular flexibility index (Phi) is 6.58. The van der Waals surface area contributed by atoms with Gasteiger partial charge < -0.3 is 20.3 Å². The molecular formula is C29H28BrFN6O3. The minimum atomic E-state index is -1.05. The number of carbonyl (C=O) groups is 1. The van der Waals surface area contributed by atoms with Crippen LogP contribution in [0.4, 0.5) is 21.7 Å². The molecule has 9 nitrogen and oxygen atoms in total. The van der Waals surface area contributed by atoms with Gasteiger partial charge in [0.05, 0.1) is 15.7 Å². The maximum Gasteiger partial charge on any atom is 0.267 e. The van der Waals surface area contributed by atoms with Crippen molar-refractivity contribution in [2.75, 3.05) is 29.9 Å². The highest BCUT2D eigenvalue weighted by molar-refractivity contribution is 9.10. The van der Waals surface area contributed by atoms with E-state index < -0.39 is 17.2 Å². The summed E-state index contributed by atoms with van der Waals surface area (Å²) in [6.45, 7) is 7.91. The number of pyridine rings is 1. The number of rotatable bonds is 4. The Morgan fingerprint density at radius 1 is 1.18 bits per heavy atom. The molecule has 0 bridgehead atoms. The van der Waals surface area contributed by atoms with Gasteiger partial charge in [-0.25, -0.2) is 9.37 Å². The molecule has 0 amide bonds. The summed E-state index contributed by atoms with van der Waals surface area (Å²) < 4.78 is 23.0. The molecule has 2 aliphatic heterocycles. The fourth-order valence-corrected chi connectivity index (χ4v) is 5.96. The third-order valence-corrected chi connectivity index (χ3v) is 8.00. The van der Waals surface area contributed by atoms with Gasteiger partial charge in [0.25, 0.3) is 5.56 Å². The summed E-state index contributed by atoms with van der Waals surface area (Å²) in [6.07, 6.45) is 1.56. The average molecular weight is 607 g/mol. The zero-order valence-electron chi connectivity index (χ0n) is 22.2. The van der Waals surface area contributed by atoms with E-state index in [0.29, 0.717) is 28.1 Å². The fourth-order valence-electron chi connectivity index (χ4n) is 5.52. The van der Waals surface area contributed by atoms with Crippen molar-refractivity contribution in [3.8, 4) is 5.75 Å². The number of hydrogen-bond acceptors (Lipinski definition) is 8. The van der Waals surface area contributed by atoms with Crippen LogP contribution in [-0.2, 0) is 0 Å². The minimum Gasteiger partial charge on any atom is -0.484 e. The highest BCUT2D eigenvalue weighted by Crippen LogP contribution is 2.40. The van der Waals surface area contributed by atoms with Crippen LogP contribution in [0.15, 0.2) is 64.0 Å². The van der Waals surface area contributed by atoms with E-state index in [1.165, 1.54) is 10.6 Å². The normalized spacial score (nSPS) is 20.2. The number of carbonyl (C=O) groups excluding carboxylic acids is 1. The largest absolute Gasteiger partial charge is 0.484 e. The molecule has 1 saturated heterocycles. The summed E-state index contributed by atoms with van der Waals surface area (Å²) in [5.74, 6) is 0.0267. The molecule has 6 rings (SSSR count). The van der Waals surface area contributed by atoms with E-state index in [1.807, 2.05) is 4.90 Å². The summed E-state index contributed by atoms with van der Waals surface area (Å²) in [4.78, 5) is 38.4. The number of ketones is 1. The molecule has 4 aromatic rings. The molecule has 0 spiro atoms. The summed E-state index contributed by atoms with van der Waals surface area (Å²) in [5.41, 5.74) is 0.172. The Balaban J connectivity index is 1.40. The SMILES string of the molecule is CC1CNCCN1c1ccc(Nc2ncc3cc(Br)c(=O)n(C4C(=O)c5ccccc5OC4(C)C)c3n2)cc1F. The summed E-state index contributed by atoms with van der Waals surface area (Å²) >= 11 is 3.34. The van der Waals surface area contributed by atoms with Gasteiger partial charge in [0, 0.05) is 42.9 Å². The van der Waals surface area contributed by atoms with Crippen molar-refractivity contribution in [1.82, 2.24) is 19.9 Å². The zero-order chi connectivity index (χ0) is 28.2. The number of benzene rings is 2. The first-order chi connectivity index (χ1) is 19.1. The van der Waals surface area contributed by atoms with E-state index in [2.05, 4.69) is 43.5 Å². The van der Waals surface area contributed by atoms with Gasteiger partial charge in [-0.05, 0) is 73.1 Å². The Morgan fingerprint density at radius 2 is 1.98 bits per heavy atom. The van der Waals surface area contributed by atoms with Crippen LogP contribution in [0.25, 0.3) is 11.0 Å². The molecule has 11 heteroatoms. The number of para-hydroxylation sites is 1. The molecular weight excluding hydrogens is 579 g/mol. The van der Waals surface area contributed by atoms with Crippen LogP contribution in [0.3, 0.4) is 0 Å². The number of nitrogens with zero attached hydrogens (tertiary/aromatic N) is 4. The van der Waals surface area contributed by atoms with E-state index in [0.717, 1.165) is 19.6 Å². The van der Waals surface area contributed by atoms with Crippen LogP contribution in [0, 0.1) is 5.82 Å². The predicted molar refractivity (Wildman–Crippen MR) is 155 cm³/mol. The van der Waals surface area contributed by atoms with Crippen molar-refractivity contribution in [3.63, 3.8) is 0 Å². The smallest absolute Gasteiger partial charge is 0.267 e. The number of piperazine rings is 1. The number of fused-ring (bicyclic) bond motifs is 2. The Hall–Kier alpha value is -3.83. The standard InChI is InChI=1S/C29H28BrFN6O3/c1-16-14-32-10-11-36(16)22-9-8-18(13-21(22)31)34-28-33-15-17-12-20(30)27(39)37(26(17)35-28)25-24(38)19-6-4-5-7-23(19)40-29(25,2)3/h4-9,12-13,15-16,25,32H,10-11,14H2,1-3H3,(H,33,34,35). The van der Waals surface area contributed by atoms with Crippen molar-refractivity contribution in [2.45, 2.75) is 38.5 Å². The molecule has 1 fully saturated rings. The summed E-state index contributed by atoms with van der Waals surface area (Å²) in [7, 11) is 0. The lowest BCUT2D eigenvalue weighted by Crippen LogP contribution is -2.50. The van der Waals surface area contributed by atoms with Crippen LogP contribution in [0.1, 0.15) is 37.2 Å². The molecule has 0 radical (unpaired) electrons. The molecule has 4 heterocycles. The Morgan fingerprint density at radius 3 is 2.75 bits per heavy atom. The van der Waals surface area contributed by atoms with Gasteiger partial charge in [-0.15, -0.1) is 0 Å². The van der Waals surface area contributed by atoms with E-state index >= 15 is 4.39 Å². The number of halogens is 2. The van der Waals surface area contributed by atoms with Crippen LogP contribution in [0.5, 0.6) is 5.75 Å². The second-order valence-corrected chi connectivity index (χ2v) is 11.5. The summed E-state index contributed by atoms with van der Waals surface area (Å²) in [6, 6.07) is 12.7. The highest BCUT2D eigenvalue weighted by Gasteiger charge is 2.45. The van der Waals surface area contributed by atoms with E-state index in [-0.39, 0.29) is 33.7 Å². The lowest BCUT2D eigenvalue weighted by Gasteiger charge is -2.39. The molecule has 40 heavy (non-hydrogen) atoms. The van der Waals surface area contributed by atoms with Crippen molar-refractivity contribution >= 4 is 50.1 Å². The first kappa shape index (κ1) is 26.4.